The van der Waals surface area contributed by atoms with Gasteiger partial charge >= 0.3 is 0 Å². The zero-order valence-corrected chi connectivity index (χ0v) is 22.6. The van der Waals surface area contributed by atoms with Crippen molar-refractivity contribution in [3.8, 4) is 0 Å². The van der Waals surface area contributed by atoms with Crippen molar-refractivity contribution < 1.29 is 24.0 Å². The van der Waals surface area contributed by atoms with E-state index in [2.05, 4.69) is 15.6 Å². The molecule has 2 N–H and O–H groups in total. The van der Waals surface area contributed by atoms with Crippen molar-refractivity contribution in [1.82, 2.24) is 9.88 Å². The number of nitro groups is 1. The van der Waals surface area contributed by atoms with Crippen LogP contribution >= 0.6 is 23.1 Å². The van der Waals surface area contributed by atoms with E-state index in [9.17, 15) is 24.5 Å². The number of anilines is 2. The molecule has 40 heavy (non-hydrogen) atoms. The van der Waals surface area contributed by atoms with Gasteiger partial charge in [-0.2, -0.15) is 0 Å². The topological polar surface area (TPSA) is 144 Å². The summed E-state index contributed by atoms with van der Waals surface area (Å²) in [5.41, 5.74) is 2.33. The number of morpholine rings is 1. The first kappa shape index (κ1) is 27.2. The molecule has 1 aromatic heterocycles. The molecule has 5 rings (SSSR count). The third kappa shape index (κ3) is 6.45. The molecule has 0 saturated carbocycles. The van der Waals surface area contributed by atoms with Gasteiger partial charge in [0, 0.05) is 36.6 Å². The number of carbonyl (C=O) groups is 3. The van der Waals surface area contributed by atoms with Crippen LogP contribution in [0.4, 0.5) is 17.1 Å². The predicted octanol–water partition coefficient (Wildman–Crippen LogP) is 4.66. The first-order valence-electron chi connectivity index (χ1n) is 12.2. The van der Waals surface area contributed by atoms with E-state index in [-0.39, 0.29) is 23.3 Å². The van der Waals surface area contributed by atoms with E-state index in [1.807, 2.05) is 0 Å². The Balaban J connectivity index is 1.21. The highest BCUT2D eigenvalue weighted by molar-refractivity contribution is 8.01. The minimum absolute atomic E-state index is 0.0527. The van der Waals surface area contributed by atoms with Crippen molar-refractivity contribution in [1.29, 1.82) is 0 Å². The third-order valence-corrected chi connectivity index (χ3v) is 8.18. The van der Waals surface area contributed by atoms with Crippen LogP contribution in [0.5, 0.6) is 0 Å². The maximum absolute atomic E-state index is 13.1. The van der Waals surface area contributed by atoms with Crippen LogP contribution in [0.15, 0.2) is 71.1 Å². The maximum Gasteiger partial charge on any atom is 0.269 e. The highest BCUT2D eigenvalue weighted by Gasteiger charge is 2.23. The van der Waals surface area contributed by atoms with E-state index in [1.54, 1.807) is 47.4 Å². The Morgan fingerprint density at radius 1 is 0.975 bits per heavy atom. The largest absolute Gasteiger partial charge is 0.378 e. The summed E-state index contributed by atoms with van der Waals surface area (Å²) in [6.07, 6.45) is 0. The molecule has 0 unspecified atom stereocenters. The van der Waals surface area contributed by atoms with Gasteiger partial charge in [0.1, 0.15) is 0 Å². The summed E-state index contributed by atoms with van der Waals surface area (Å²) in [5, 5.41) is 16.4. The Bertz CT molecular complexity index is 1580. The molecule has 0 spiro atoms. The third-order valence-electron chi connectivity index (χ3n) is 6.02. The molecule has 1 aliphatic rings. The van der Waals surface area contributed by atoms with Gasteiger partial charge in [0.2, 0.25) is 5.91 Å². The van der Waals surface area contributed by atoms with Crippen LogP contribution in [0, 0.1) is 10.1 Å². The number of aromatic nitrogens is 1. The number of nitrogens with zero attached hydrogens (tertiary/aromatic N) is 3. The van der Waals surface area contributed by atoms with Gasteiger partial charge < -0.3 is 20.3 Å². The number of amides is 3. The van der Waals surface area contributed by atoms with E-state index in [1.165, 1.54) is 47.4 Å². The number of ether oxygens (including phenoxy) is 1. The number of nitro benzene ring substituents is 1. The lowest BCUT2D eigenvalue weighted by atomic mass is 10.0. The summed E-state index contributed by atoms with van der Waals surface area (Å²) in [5.74, 6) is -0.755. The molecule has 3 aromatic carbocycles. The minimum Gasteiger partial charge on any atom is -0.378 e. The maximum atomic E-state index is 13.1. The second kappa shape index (κ2) is 12.2. The summed E-state index contributed by atoms with van der Waals surface area (Å²) in [7, 11) is 0. The van der Waals surface area contributed by atoms with Gasteiger partial charge in [-0.1, -0.05) is 23.9 Å². The highest BCUT2D eigenvalue weighted by Crippen LogP contribution is 2.31. The Morgan fingerprint density at radius 3 is 2.40 bits per heavy atom. The zero-order chi connectivity index (χ0) is 28.1. The fraction of sp³-hybridized carbons (Fsp3) is 0.185. The lowest BCUT2D eigenvalue weighted by molar-refractivity contribution is -0.384. The number of thiazole rings is 1. The molecule has 1 fully saturated rings. The van der Waals surface area contributed by atoms with Crippen molar-refractivity contribution in [2.75, 3.05) is 42.7 Å². The average molecular weight is 578 g/mol. The van der Waals surface area contributed by atoms with E-state index >= 15 is 0 Å². The number of benzene rings is 3. The first-order valence-corrected chi connectivity index (χ1v) is 14.0. The molecule has 1 saturated heterocycles. The number of nitrogens with one attached hydrogen (secondary N) is 2. The molecule has 0 aliphatic carbocycles. The second-order valence-corrected chi connectivity index (χ2v) is 11.0. The van der Waals surface area contributed by atoms with Crippen LogP contribution in [0.3, 0.4) is 0 Å². The van der Waals surface area contributed by atoms with Crippen molar-refractivity contribution in [3.63, 3.8) is 0 Å². The summed E-state index contributed by atoms with van der Waals surface area (Å²) in [6, 6.07) is 17.7. The Labute approximate surface area is 236 Å². The van der Waals surface area contributed by atoms with Gasteiger partial charge in [-0.05, 0) is 42.5 Å². The molecule has 0 atom stereocenters. The van der Waals surface area contributed by atoms with Crippen LogP contribution in [0.2, 0.25) is 0 Å². The van der Waals surface area contributed by atoms with Crippen LogP contribution < -0.4 is 10.6 Å². The number of thioether (sulfide) groups is 1. The van der Waals surface area contributed by atoms with Gasteiger partial charge in [0.15, 0.2) is 4.34 Å². The van der Waals surface area contributed by atoms with Gasteiger partial charge in [-0.25, -0.2) is 4.98 Å². The van der Waals surface area contributed by atoms with Crippen LogP contribution in [-0.2, 0) is 9.53 Å². The quantitative estimate of drug-likeness (QED) is 0.175. The Morgan fingerprint density at radius 2 is 1.68 bits per heavy atom. The first-order chi connectivity index (χ1) is 19.4. The summed E-state index contributed by atoms with van der Waals surface area (Å²) in [6.45, 7) is 1.91. The number of hydrogen-bond donors (Lipinski definition) is 2. The van der Waals surface area contributed by atoms with Gasteiger partial charge in [-0.15, -0.1) is 11.3 Å². The van der Waals surface area contributed by atoms with E-state index < -0.39 is 10.8 Å². The molecule has 0 bridgehead atoms. The minimum atomic E-state index is -0.502. The molecule has 2 heterocycles. The van der Waals surface area contributed by atoms with Crippen molar-refractivity contribution in [3.05, 3.63) is 88.0 Å². The SMILES string of the molecule is O=C(CSc1nc2ccc(NC(=O)c3ccccc3C(=O)N3CCOCC3)cc2s1)Nc1ccc([N+](=O)[O-])cc1. The van der Waals surface area contributed by atoms with Gasteiger partial charge in [-0.3, -0.25) is 24.5 Å². The lowest BCUT2D eigenvalue weighted by Gasteiger charge is -2.27. The molecule has 13 heteroatoms. The average Bonchev–Trinajstić information content (AvgIpc) is 3.39. The molecular formula is C27H23N5O6S2. The molecule has 3 amide bonds. The Kier molecular flexibility index (Phi) is 8.34. The molecule has 204 valence electrons. The van der Waals surface area contributed by atoms with Crippen molar-refractivity contribution in [2.24, 2.45) is 0 Å². The molecule has 4 aromatic rings. The highest BCUT2D eigenvalue weighted by atomic mass is 32.2. The lowest BCUT2D eigenvalue weighted by Crippen LogP contribution is -2.41. The Hall–Kier alpha value is -4.33. The number of non-ortho nitro benzene ring substituents is 1. The predicted molar refractivity (Wildman–Crippen MR) is 153 cm³/mol. The van der Waals surface area contributed by atoms with Crippen molar-refractivity contribution in [2.45, 2.75) is 4.34 Å². The monoisotopic (exact) mass is 577 g/mol. The van der Waals surface area contributed by atoms with E-state index in [0.29, 0.717) is 53.1 Å². The summed E-state index contributed by atoms with van der Waals surface area (Å²) < 4.78 is 6.83. The number of rotatable bonds is 8. The standard InChI is InChI=1S/C27H23N5O6S2/c33-24(28-17-5-8-19(9-6-17)32(36)37)16-39-27-30-22-10-7-18(15-23(22)40-27)29-25(34)20-3-1-2-4-21(20)26(35)31-11-13-38-14-12-31/h1-10,15H,11-14,16H2,(H,28,33)(H,29,34). The van der Waals surface area contributed by atoms with Gasteiger partial charge in [0.05, 0.1) is 45.2 Å². The summed E-state index contributed by atoms with van der Waals surface area (Å²) in [4.78, 5) is 55.0. The van der Waals surface area contributed by atoms with Crippen LogP contribution in [0.25, 0.3) is 10.2 Å². The normalized spacial score (nSPS) is 13.2. The molecular weight excluding hydrogens is 554 g/mol. The van der Waals surface area contributed by atoms with Crippen LogP contribution in [-0.4, -0.2) is 64.6 Å². The molecule has 11 nitrogen and oxygen atoms in total. The molecule has 1 aliphatic heterocycles. The smallest absolute Gasteiger partial charge is 0.269 e. The fourth-order valence-electron chi connectivity index (χ4n) is 4.04. The number of hydrogen-bond acceptors (Lipinski definition) is 9. The number of fused-ring (bicyclic) bond motifs is 1. The number of carbonyl (C=O) groups excluding carboxylic acids is 3. The second-order valence-electron chi connectivity index (χ2n) is 8.71. The molecule has 0 radical (unpaired) electrons. The fourth-order valence-corrected chi connectivity index (χ4v) is 5.94. The summed E-state index contributed by atoms with van der Waals surface area (Å²) >= 11 is 2.65. The van der Waals surface area contributed by atoms with Crippen LogP contribution in [0.1, 0.15) is 20.7 Å². The van der Waals surface area contributed by atoms with E-state index in [0.717, 1.165) is 10.2 Å². The van der Waals surface area contributed by atoms with E-state index in [4.69, 9.17) is 4.74 Å². The zero-order valence-electron chi connectivity index (χ0n) is 21.0. The van der Waals surface area contributed by atoms with Crippen molar-refractivity contribution >= 4 is 68.1 Å². The van der Waals surface area contributed by atoms with Gasteiger partial charge in [0.25, 0.3) is 17.5 Å².